The van der Waals surface area contributed by atoms with Crippen LogP contribution in [0.4, 0.5) is 16.2 Å². The monoisotopic (exact) mass is 361 g/mol. The third kappa shape index (κ3) is 5.75. The predicted octanol–water partition coefficient (Wildman–Crippen LogP) is 4.58. The van der Waals surface area contributed by atoms with E-state index in [0.717, 1.165) is 11.8 Å². The molecule has 25 heavy (non-hydrogen) atoms. The van der Waals surface area contributed by atoms with Gasteiger partial charge in [-0.2, -0.15) is 0 Å². The molecule has 1 aromatic carbocycles. The first-order chi connectivity index (χ1) is 11.8. The Hall–Kier alpha value is -2.61. The highest BCUT2D eigenvalue weighted by molar-refractivity contribution is 8.00. The standard InChI is InChI=1S/C17H19N3O4S/c1-17(2,3)24-16(21)19(25-12-13-7-5-4-6-8-13)14-9-15(20(22)23)11-18-10-14/h4-11H,12H2,1-3H3. The van der Waals surface area contributed by atoms with Crippen LogP contribution < -0.4 is 4.31 Å². The molecule has 0 aliphatic carbocycles. The Morgan fingerprint density at radius 1 is 1.28 bits per heavy atom. The number of hydrogen-bond acceptors (Lipinski definition) is 6. The van der Waals surface area contributed by atoms with Crippen LogP contribution in [0.5, 0.6) is 0 Å². The summed E-state index contributed by atoms with van der Waals surface area (Å²) in [6.45, 7) is 5.28. The van der Waals surface area contributed by atoms with Crippen molar-refractivity contribution in [1.82, 2.24) is 4.98 Å². The summed E-state index contributed by atoms with van der Waals surface area (Å²) < 4.78 is 6.70. The van der Waals surface area contributed by atoms with Gasteiger partial charge in [0.05, 0.1) is 16.8 Å². The Morgan fingerprint density at radius 2 is 1.96 bits per heavy atom. The van der Waals surface area contributed by atoms with Gasteiger partial charge in [0.2, 0.25) is 0 Å². The molecule has 2 aromatic rings. The topological polar surface area (TPSA) is 85.6 Å². The van der Waals surface area contributed by atoms with E-state index in [4.69, 9.17) is 4.74 Å². The summed E-state index contributed by atoms with van der Waals surface area (Å²) in [5, 5.41) is 11.0. The van der Waals surface area contributed by atoms with Gasteiger partial charge in [-0.05, 0) is 38.3 Å². The Labute approximate surface area is 150 Å². The predicted molar refractivity (Wildman–Crippen MR) is 97.3 cm³/mol. The zero-order valence-corrected chi connectivity index (χ0v) is 15.0. The first kappa shape index (κ1) is 18.7. The third-order valence-corrected chi connectivity index (χ3v) is 4.00. The molecule has 0 radical (unpaired) electrons. The molecule has 7 nitrogen and oxygen atoms in total. The number of carbonyl (C=O) groups excluding carboxylic acids is 1. The Balaban J connectivity index is 2.26. The number of ether oxygens (including phenoxy) is 1. The summed E-state index contributed by atoms with van der Waals surface area (Å²) in [5.41, 5.74) is 0.437. The summed E-state index contributed by atoms with van der Waals surface area (Å²) in [6.07, 6.45) is 1.93. The van der Waals surface area contributed by atoms with E-state index in [1.165, 1.54) is 28.5 Å². The molecule has 0 saturated heterocycles. The maximum absolute atomic E-state index is 12.5. The van der Waals surface area contributed by atoms with Gasteiger partial charge >= 0.3 is 6.09 Å². The van der Waals surface area contributed by atoms with E-state index in [2.05, 4.69) is 4.98 Å². The fourth-order valence-corrected chi connectivity index (χ4v) is 2.74. The molecular formula is C17H19N3O4S. The second-order valence-corrected chi connectivity index (χ2v) is 7.10. The van der Waals surface area contributed by atoms with Gasteiger partial charge in [0, 0.05) is 11.8 Å². The van der Waals surface area contributed by atoms with Gasteiger partial charge in [0.1, 0.15) is 11.8 Å². The minimum atomic E-state index is -0.684. The number of pyridine rings is 1. The van der Waals surface area contributed by atoms with E-state index in [-0.39, 0.29) is 5.69 Å². The number of anilines is 1. The zero-order valence-electron chi connectivity index (χ0n) is 14.2. The summed E-state index contributed by atoms with van der Waals surface area (Å²) in [6, 6.07) is 10.9. The molecule has 1 amide bonds. The average Bonchev–Trinajstić information content (AvgIpc) is 2.54. The van der Waals surface area contributed by atoms with E-state index >= 15 is 0 Å². The first-order valence-electron chi connectivity index (χ1n) is 7.55. The van der Waals surface area contributed by atoms with Crippen molar-refractivity contribution in [2.45, 2.75) is 32.1 Å². The molecule has 0 aliphatic rings. The van der Waals surface area contributed by atoms with Crippen LogP contribution in [0.3, 0.4) is 0 Å². The van der Waals surface area contributed by atoms with Crippen LogP contribution in [0.2, 0.25) is 0 Å². The molecule has 1 aromatic heterocycles. The fourth-order valence-electron chi connectivity index (χ4n) is 1.88. The maximum atomic E-state index is 12.5. The van der Waals surface area contributed by atoms with Crippen LogP contribution in [0, 0.1) is 10.1 Å². The smallest absolute Gasteiger partial charge is 0.425 e. The van der Waals surface area contributed by atoms with E-state index in [9.17, 15) is 14.9 Å². The lowest BCUT2D eigenvalue weighted by molar-refractivity contribution is -0.385. The molecule has 0 saturated carbocycles. The van der Waals surface area contributed by atoms with Gasteiger partial charge in [-0.25, -0.2) is 9.10 Å². The van der Waals surface area contributed by atoms with Crippen LogP contribution in [0.25, 0.3) is 0 Å². The summed E-state index contributed by atoms with van der Waals surface area (Å²) >= 11 is 1.19. The molecule has 0 atom stereocenters. The van der Waals surface area contributed by atoms with Crippen molar-refractivity contribution in [3.05, 3.63) is 64.5 Å². The molecule has 0 aliphatic heterocycles. The van der Waals surface area contributed by atoms with Gasteiger partial charge in [0.25, 0.3) is 5.69 Å². The van der Waals surface area contributed by atoms with Gasteiger partial charge in [0.15, 0.2) is 0 Å². The lowest BCUT2D eigenvalue weighted by Crippen LogP contribution is -2.33. The number of amides is 1. The second kappa shape index (κ2) is 7.98. The summed E-state index contributed by atoms with van der Waals surface area (Å²) in [5.74, 6) is 0.503. The molecule has 8 heteroatoms. The summed E-state index contributed by atoms with van der Waals surface area (Å²) in [4.78, 5) is 26.8. The zero-order chi connectivity index (χ0) is 18.4. The number of rotatable bonds is 5. The molecule has 132 valence electrons. The lowest BCUT2D eigenvalue weighted by Gasteiger charge is -2.26. The summed E-state index contributed by atoms with van der Waals surface area (Å²) in [7, 11) is 0. The highest BCUT2D eigenvalue weighted by Crippen LogP contribution is 2.29. The molecule has 2 rings (SSSR count). The Morgan fingerprint density at radius 3 is 2.56 bits per heavy atom. The lowest BCUT2D eigenvalue weighted by atomic mass is 10.2. The fraction of sp³-hybridized carbons (Fsp3) is 0.294. The van der Waals surface area contributed by atoms with Gasteiger partial charge in [-0.3, -0.25) is 15.1 Å². The van der Waals surface area contributed by atoms with Crippen molar-refractivity contribution in [3.63, 3.8) is 0 Å². The molecule has 0 unspecified atom stereocenters. The minimum absolute atomic E-state index is 0.189. The first-order valence-corrected chi connectivity index (χ1v) is 8.50. The third-order valence-electron chi connectivity index (χ3n) is 2.92. The van der Waals surface area contributed by atoms with Crippen molar-refractivity contribution in [2.24, 2.45) is 0 Å². The van der Waals surface area contributed by atoms with Crippen molar-refractivity contribution in [2.75, 3.05) is 4.31 Å². The molecule has 0 bridgehead atoms. The molecular weight excluding hydrogens is 342 g/mol. The second-order valence-electron chi connectivity index (χ2n) is 6.19. The number of benzene rings is 1. The number of nitrogens with zero attached hydrogens (tertiary/aromatic N) is 3. The quantitative estimate of drug-likeness (QED) is 0.440. The largest absolute Gasteiger partial charge is 0.443 e. The van der Waals surface area contributed by atoms with Gasteiger partial charge in [-0.1, -0.05) is 30.3 Å². The normalized spacial score (nSPS) is 11.0. The SMILES string of the molecule is CC(C)(C)OC(=O)N(SCc1ccccc1)c1cncc([N+](=O)[O-])c1. The number of carbonyl (C=O) groups is 1. The van der Waals surface area contributed by atoms with Crippen molar-refractivity contribution in [3.8, 4) is 0 Å². The maximum Gasteiger partial charge on any atom is 0.425 e. The minimum Gasteiger partial charge on any atom is -0.443 e. The number of hydrogen-bond donors (Lipinski definition) is 0. The van der Waals surface area contributed by atoms with E-state index in [1.807, 2.05) is 30.3 Å². The van der Waals surface area contributed by atoms with E-state index < -0.39 is 16.6 Å². The van der Waals surface area contributed by atoms with Crippen molar-refractivity contribution < 1.29 is 14.5 Å². The van der Waals surface area contributed by atoms with Crippen LogP contribution in [-0.4, -0.2) is 21.6 Å². The Bertz CT molecular complexity index is 747. The van der Waals surface area contributed by atoms with Crippen molar-refractivity contribution >= 4 is 29.4 Å². The Kier molecular flexibility index (Phi) is 5.97. The van der Waals surface area contributed by atoms with Crippen LogP contribution in [0.1, 0.15) is 26.3 Å². The number of nitro groups is 1. The van der Waals surface area contributed by atoms with Crippen LogP contribution in [-0.2, 0) is 10.5 Å². The highest BCUT2D eigenvalue weighted by atomic mass is 32.2. The molecule has 0 spiro atoms. The number of aromatic nitrogens is 1. The van der Waals surface area contributed by atoms with Gasteiger partial charge in [-0.15, -0.1) is 0 Å². The van der Waals surface area contributed by atoms with Crippen LogP contribution in [0.15, 0.2) is 48.8 Å². The molecule has 0 fully saturated rings. The van der Waals surface area contributed by atoms with E-state index in [0.29, 0.717) is 11.4 Å². The molecule has 0 N–H and O–H groups in total. The van der Waals surface area contributed by atoms with Crippen LogP contribution >= 0.6 is 11.9 Å². The van der Waals surface area contributed by atoms with E-state index in [1.54, 1.807) is 20.8 Å². The molecule has 1 heterocycles. The highest BCUT2D eigenvalue weighted by Gasteiger charge is 2.25. The van der Waals surface area contributed by atoms with Gasteiger partial charge < -0.3 is 4.74 Å². The average molecular weight is 361 g/mol. The van der Waals surface area contributed by atoms with Crippen molar-refractivity contribution in [1.29, 1.82) is 0 Å².